The fourth-order valence-corrected chi connectivity index (χ4v) is 5.44. The summed E-state index contributed by atoms with van der Waals surface area (Å²) in [7, 11) is 0. The van der Waals surface area contributed by atoms with Gasteiger partial charge in [0.25, 0.3) is 5.91 Å². The second-order valence-corrected chi connectivity index (χ2v) is 10.7. The van der Waals surface area contributed by atoms with Crippen molar-refractivity contribution in [3.63, 3.8) is 0 Å². The Bertz CT molecular complexity index is 1630. The lowest BCUT2D eigenvalue weighted by molar-refractivity contribution is -0.112. The number of nitrogens with one attached hydrogen (secondary N) is 2. The van der Waals surface area contributed by atoms with Gasteiger partial charge in [0.2, 0.25) is 0 Å². The maximum Gasteiger partial charge on any atom is 0.339 e. The lowest BCUT2D eigenvalue weighted by Crippen LogP contribution is -2.34. The van der Waals surface area contributed by atoms with E-state index in [0.717, 1.165) is 28.2 Å². The van der Waals surface area contributed by atoms with Crippen molar-refractivity contribution in [2.45, 2.75) is 17.7 Å². The number of anilines is 2. The van der Waals surface area contributed by atoms with E-state index in [1.54, 1.807) is 28.8 Å². The van der Waals surface area contributed by atoms with Gasteiger partial charge >= 0.3 is 12.0 Å². The third kappa shape index (κ3) is 7.02. The van der Waals surface area contributed by atoms with Crippen molar-refractivity contribution in [1.82, 2.24) is 5.43 Å². The van der Waals surface area contributed by atoms with Gasteiger partial charge in [-0.15, -0.1) is 11.8 Å². The van der Waals surface area contributed by atoms with Crippen molar-refractivity contribution in [3.8, 4) is 0 Å². The third-order valence-corrected chi connectivity index (χ3v) is 7.66. The highest BCUT2D eigenvalue weighted by Gasteiger charge is 2.34. The number of hydrazone groups is 1. The van der Waals surface area contributed by atoms with E-state index >= 15 is 0 Å². The zero-order chi connectivity index (χ0) is 29.5. The topological polar surface area (TPSA) is 111 Å². The van der Waals surface area contributed by atoms with Gasteiger partial charge in [-0.2, -0.15) is 5.10 Å². The van der Waals surface area contributed by atoms with Gasteiger partial charge in [0.05, 0.1) is 11.3 Å². The Morgan fingerprint density at radius 1 is 0.881 bits per heavy atom. The summed E-state index contributed by atoms with van der Waals surface area (Å²) < 4.78 is 13.2. The normalized spacial score (nSPS) is 13.2. The molecule has 4 aromatic rings. The molecule has 10 heteroatoms. The molecular weight excluding hydrogens is 555 g/mol. The number of carboxylic acid groups (broad SMARTS) is 1. The minimum atomic E-state index is -0.957. The van der Waals surface area contributed by atoms with Crippen molar-refractivity contribution in [2.24, 2.45) is 5.10 Å². The van der Waals surface area contributed by atoms with E-state index in [1.165, 1.54) is 24.3 Å². The van der Waals surface area contributed by atoms with Crippen LogP contribution in [0.3, 0.4) is 0 Å². The van der Waals surface area contributed by atoms with Crippen LogP contribution in [0.15, 0.2) is 107 Å². The molecule has 3 amide bonds. The second kappa shape index (κ2) is 13.1. The van der Waals surface area contributed by atoms with Crippen LogP contribution in [0.4, 0.5) is 20.6 Å². The first kappa shape index (κ1) is 28.6. The predicted molar refractivity (Wildman–Crippen MR) is 162 cm³/mol. The lowest BCUT2D eigenvalue weighted by atomic mass is 10.1. The van der Waals surface area contributed by atoms with Gasteiger partial charge in [-0.1, -0.05) is 42.5 Å². The number of carbonyl (C=O) groups is 3. The van der Waals surface area contributed by atoms with E-state index in [0.29, 0.717) is 29.9 Å². The Morgan fingerprint density at radius 3 is 2.31 bits per heavy atom. The van der Waals surface area contributed by atoms with Gasteiger partial charge in [0, 0.05) is 28.4 Å². The van der Waals surface area contributed by atoms with E-state index in [2.05, 4.69) is 15.8 Å². The quantitative estimate of drug-likeness (QED) is 0.158. The summed E-state index contributed by atoms with van der Waals surface area (Å²) in [4.78, 5) is 39.7. The predicted octanol–water partition coefficient (Wildman–Crippen LogP) is 5.97. The number of carboxylic acids is 1. The maximum absolute atomic E-state index is 13.5. The number of amides is 3. The first-order valence-corrected chi connectivity index (χ1v) is 14.2. The SMILES string of the molecule is O=C(N/N=C1/C(=O)N(CCc2ccccc2)c2ccc(SCCc3ccc(C(=O)O)cc3)cc21)Nc1ccc(F)cc1. The Labute approximate surface area is 246 Å². The van der Waals surface area contributed by atoms with E-state index in [-0.39, 0.29) is 17.2 Å². The number of carbonyl (C=O) groups excluding carboxylic acids is 2. The van der Waals surface area contributed by atoms with Crippen LogP contribution in [0, 0.1) is 5.82 Å². The zero-order valence-corrected chi connectivity index (χ0v) is 23.2. The first-order valence-electron chi connectivity index (χ1n) is 13.2. The largest absolute Gasteiger partial charge is 0.478 e. The van der Waals surface area contributed by atoms with Crippen LogP contribution in [0.25, 0.3) is 0 Å². The molecule has 5 rings (SSSR count). The monoisotopic (exact) mass is 582 g/mol. The first-order chi connectivity index (χ1) is 20.4. The third-order valence-electron chi connectivity index (χ3n) is 6.66. The number of benzene rings is 4. The van der Waals surface area contributed by atoms with Crippen LogP contribution < -0.4 is 15.6 Å². The lowest BCUT2D eigenvalue weighted by Gasteiger charge is -2.17. The van der Waals surface area contributed by atoms with Gasteiger partial charge in [-0.3, -0.25) is 4.79 Å². The smallest absolute Gasteiger partial charge is 0.339 e. The van der Waals surface area contributed by atoms with Crippen LogP contribution in [-0.4, -0.2) is 41.0 Å². The molecule has 1 aliphatic rings. The van der Waals surface area contributed by atoms with Gasteiger partial charge < -0.3 is 15.3 Å². The Kier molecular flexibility index (Phi) is 8.93. The van der Waals surface area contributed by atoms with Crippen LogP contribution in [0.2, 0.25) is 0 Å². The van der Waals surface area contributed by atoms with Gasteiger partial charge in [-0.05, 0) is 78.6 Å². The molecule has 0 atom stereocenters. The standard InChI is InChI=1S/C32H27FN4O4S/c33-24-10-12-25(13-11-24)34-32(41)36-35-29-27-20-26(42-19-17-22-6-8-23(9-7-22)31(39)40)14-15-28(27)37(30(29)38)18-16-21-4-2-1-3-5-21/h1-15,20H,16-19H2,(H,39,40)(H2,34,36,41)/b35-29+. The molecule has 0 aromatic heterocycles. The molecule has 0 fully saturated rings. The number of aromatic carboxylic acids is 1. The molecular formula is C32H27FN4O4S. The number of fused-ring (bicyclic) bond motifs is 1. The number of halogens is 1. The molecule has 3 N–H and O–H groups in total. The molecule has 0 bridgehead atoms. The van der Waals surface area contributed by atoms with Crippen molar-refractivity contribution in [3.05, 3.63) is 125 Å². The minimum Gasteiger partial charge on any atom is -0.478 e. The van der Waals surface area contributed by atoms with Crippen LogP contribution in [0.5, 0.6) is 0 Å². The maximum atomic E-state index is 13.5. The average molecular weight is 583 g/mol. The number of aryl methyl sites for hydroxylation is 1. The van der Waals surface area contributed by atoms with E-state index < -0.39 is 17.8 Å². The average Bonchev–Trinajstić information content (AvgIpc) is 3.26. The Morgan fingerprint density at radius 2 is 1.60 bits per heavy atom. The molecule has 212 valence electrons. The summed E-state index contributed by atoms with van der Waals surface area (Å²) in [5.41, 5.74) is 6.60. The molecule has 42 heavy (non-hydrogen) atoms. The summed E-state index contributed by atoms with van der Waals surface area (Å²) in [6.07, 6.45) is 1.38. The van der Waals surface area contributed by atoms with Crippen molar-refractivity contribution < 1.29 is 23.9 Å². The Hall–Kier alpha value is -4.96. The van der Waals surface area contributed by atoms with Gasteiger partial charge in [0.15, 0.2) is 5.71 Å². The summed E-state index contributed by atoms with van der Waals surface area (Å²) in [5, 5.41) is 15.8. The van der Waals surface area contributed by atoms with Crippen molar-refractivity contribution in [1.29, 1.82) is 0 Å². The number of nitrogens with zero attached hydrogens (tertiary/aromatic N) is 2. The zero-order valence-electron chi connectivity index (χ0n) is 22.4. The fraction of sp³-hybridized carbons (Fsp3) is 0.125. The van der Waals surface area contributed by atoms with Gasteiger partial charge in [-0.25, -0.2) is 19.4 Å². The summed E-state index contributed by atoms with van der Waals surface area (Å²) in [6, 6.07) is 27.1. The number of rotatable bonds is 10. The van der Waals surface area contributed by atoms with Crippen molar-refractivity contribution >= 4 is 46.8 Å². The van der Waals surface area contributed by atoms with Crippen LogP contribution in [0.1, 0.15) is 27.0 Å². The second-order valence-electron chi connectivity index (χ2n) is 9.51. The van der Waals surface area contributed by atoms with Crippen LogP contribution >= 0.6 is 11.8 Å². The molecule has 0 saturated heterocycles. The molecule has 4 aromatic carbocycles. The van der Waals surface area contributed by atoms with Crippen molar-refractivity contribution in [2.75, 3.05) is 22.5 Å². The van der Waals surface area contributed by atoms with E-state index in [4.69, 9.17) is 5.11 Å². The highest BCUT2D eigenvalue weighted by Crippen LogP contribution is 2.33. The van der Waals surface area contributed by atoms with Gasteiger partial charge in [0.1, 0.15) is 5.82 Å². The highest BCUT2D eigenvalue weighted by atomic mass is 32.2. The summed E-state index contributed by atoms with van der Waals surface area (Å²) >= 11 is 1.60. The molecule has 1 aliphatic heterocycles. The fourth-order valence-electron chi connectivity index (χ4n) is 4.50. The molecule has 1 heterocycles. The highest BCUT2D eigenvalue weighted by molar-refractivity contribution is 7.99. The molecule has 0 aliphatic carbocycles. The number of hydrogen-bond donors (Lipinski definition) is 3. The summed E-state index contributed by atoms with van der Waals surface area (Å²) in [5.74, 6) is -0.957. The number of thioether (sulfide) groups is 1. The molecule has 0 spiro atoms. The number of urea groups is 1. The molecule has 0 radical (unpaired) electrons. The van der Waals surface area contributed by atoms with E-state index in [1.807, 2.05) is 60.7 Å². The van der Waals surface area contributed by atoms with Crippen LogP contribution in [-0.2, 0) is 17.6 Å². The Balaban J connectivity index is 1.31. The summed E-state index contributed by atoms with van der Waals surface area (Å²) in [6.45, 7) is 0.440. The molecule has 0 saturated carbocycles. The van der Waals surface area contributed by atoms with E-state index in [9.17, 15) is 18.8 Å². The minimum absolute atomic E-state index is 0.124. The molecule has 8 nitrogen and oxygen atoms in total. The number of hydrogen-bond acceptors (Lipinski definition) is 5. The molecule has 0 unspecified atom stereocenters.